The number of fused-ring (bicyclic) bond motifs is 2. The molecule has 1 aromatic heterocycles. The van der Waals surface area contributed by atoms with Gasteiger partial charge in [0.1, 0.15) is 0 Å². The highest BCUT2D eigenvalue weighted by molar-refractivity contribution is 6.05. The second-order valence-corrected chi connectivity index (χ2v) is 8.64. The van der Waals surface area contributed by atoms with Crippen molar-refractivity contribution in [1.29, 1.82) is 0 Å². The number of benzene rings is 3. The van der Waals surface area contributed by atoms with Crippen LogP contribution in [0.25, 0.3) is 10.9 Å². The third kappa shape index (κ3) is 3.41. The van der Waals surface area contributed by atoms with E-state index < -0.39 is 12.0 Å². The Labute approximate surface area is 193 Å². The molecule has 0 radical (unpaired) electrons. The van der Waals surface area contributed by atoms with Crippen molar-refractivity contribution in [3.05, 3.63) is 101 Å². The van der Waals surface area contributed by atoms with Crippen LogP contribution in [0.15, 0.2) is 79.0 Å². The molecule has 0 saturated carbocycles. The monoisotopic (exact) mass is 437 g/mol. The second-order valence-electron chi connectivity index (χ2n) is 8.64. The Kier molecular flexibility index (Phi) is 5.25. The van der Waals surface area contributed by atoms with Gasteiger partial charge in [0.2, 0.25) is 5.91 Å². The third-order valence-corrected chi connectivity index (χ3v) is 6.76. The predicted octanol–water partition coefficient (Wildman–Crippen LogP) is 5.29. The van der Waals surface area contributed by atoms with E-state index in [1.807, 2.05) is 73.9 Å². The van der Waals surface area contributed by atoms with Gasteiger partial charge in [-0.15, -0.1) is 0 Å². The summed E-state index contributed by atoms with van der Waals surface area (Å²) < 4.78 is 2.06. The number of aryl methyl sites for hydroxylation is 2. The van der Waals surface area contributed by atoms with Crippen LogP contribution in [0.2, 0.25) is 0 Å². The highest BCUT2D eigenvalue weighted by Gasteiger charge is 2.43. The van der Waals surface area contributed by atoms with E-state index in [9.17, 15) is 9.59 Å². The third-order valence-electron chi connectivity index (χ3n) is 6.76. The number of anilines is 1. The molecule has 1 N–H and O–H groups in total. The number of para-hydroxylation sites is 2. The van der Waals surface area contributed by atoms with E-state index in [0.717, 1.165) is 39.7 Å². The lowest BCUT2D eigenvalue weighted by molar-refractivity contribution is -0.119. The van der Waals surface area contributed by atoms with Gasteiger partial charge in [-0.2, -0.15) is 0 Å². The summed E-state index contributed by atoms with van der Waals surface area (Å²) in [7, 11) is 3.79. The van der Waals surface area contributed by atoms with Gasteiger partial charge in [-0.3, -0.25) is 9.59 Å². The summed E-state index contributed by atoms with van der Waals surface area (Å²) in [5, 5.41) is 4.23. The molecule has 5 heteroatoms. The predicted molar refractivity (Wildman–Crippen MR) is 131 cm³/mol. The standard InChI is InChI=1S/C28H27N3O2/c1-4-18-11-5-9-15-23(18)29-27(32)25-20-13-6-7-14-21(20)28(33)31(3)26(25)22-17-30(2)24-16-10-8-12-19(22)24/h5-17,25-26H,4H2,1-3H3,(H,29,32)/t25-,26+/m0/s1. The maximum atomic E-state index is 13.9. The molecule has 3 aromatic carbocycles. The van der Waals surface area contributed by atoms with E-state index in [4.69, 9.17) is 0 Å². The molecule has 0 fully saturated rings. The number of rotatable bonds is 4. The zero-order valence-electron chi connectivity index (χ0n) is 19.1. The number of likely N-dealkylation sites (N-methyl/N-ethyl adjacent to an activating group) is 1. The minimum atomic E-state index is -0.542. The van der Waals surface area contributed by atoms with Gasteiger partial charge in [-0.25, -0.2) is 0 Å². The van der Waals surface area contributed by atoms with Crippen molar-refractivity contribution in [3.63, 3.8) is 0 Å². The van der Waals surface area contributed by atoms with Crippen LogP contribution in [0, 0.1) is 0 Å². The van der Waals surface area contributed by atoms with Crippen molar-refractivity contribution in [2.75, 3.05) is 12.4 Å². The second kappa shape index (κ2) is 8.24. The molecule has 1 aliphatic heterocycles. The lowest BCUT2D eigenvalue weighted by atomic mass is 9.79. The molecule has 5 nitrogen and oxygen atoms in total. The number of hydrogen-bond donors (Lipinski definition) is 1. The first-order chi connectivity index (χ1) is 16.0. The van der Waals surface area contributed by atoms with E-state index >= 15 is 0 Å². The van der Waals surface area contributed by atoms with E-state index in [1.165, 1.54) is 0 Å². The summed E-state index contributed by atoms with van der Waals surface area (Å²) >= 11 is 0. The Hall–Kier alpha value is -3.86. The van der Waals surface area contributed by atoms with Gasteiger partial charge in [0.15, 0.2) is 0 Å². The molecule has 2 heterocycles. The Morgan fingerprint density at radius 3 is 2.42 bits per heavy atom. The van der Waals surface area contributed by atoms with Gasteiger partial charge in [-0.05, 0) is 35.7 Å². The van der Waals surface area contributed by atoms with Crippen LogP contribution in [-0.4, -0.2) is 28.3 Å². The maximum Gasteiger partial charge on any atom is 0.254 e. The minimum absolute atomic E-state index is 0.0680. The van der Waals surface area contributed by atoms with Gasteiger partial charge >= 0.3 is 0 Å². The molecule has 5 rings (SSSR count). The van der Waals surface area contributed by atoms with E-state index in [0.29, 0.717) is 5.56 Å². The van der Waals surface area contributed by atoms with Crippen molar-refractivity contribution in [2.24, 2.45) is 7.05 Å². The van der Waals surface area contributed by atoms with Crippen molar-refractivity contribution in [3.8, 4) is 0 Å². The fourth-order valence-electron chi connectivity index (χ4n) is 5.12. The van der Waals surface area contributed by atoms with Gasteiger partial charge in [0, 0.05) is 48.0 Å². The molecule has 1 aliphatic rings. The summed E-state index contributed by atoms with van der Waals surface area (Å²) in [4.78, 5) is 29.0. The number of hydrogen-bond acceptors (Lipinski definition) is 2. The average Bonchev–Trinajstić information content (AvgIpc) is 3.17. The summed E-state index contributed by atoms with van der Waals surface area (Å²) in [5.41, 5.74) is 5.30. The van der Waals surface area contributed by atoms with E-state index in [-0.39, 0.29) is 11.8 Å². The zero-order valence-corrected chi connectivity index (χ0v) is 19.1. The molecule has 0 aliphatic carbocycles. The molecule has 166 valence electrons. The van der Waals surface area contributed by atoms with Crippen molar-refractivity contribution >= 4 is 28.4 Å². The van der Waals surface area contributed by atoms with Crippen LogP contribution in [0.3, 0.4) is 0 Å². The fraction of sp³-hybridized carbons (Fsp3) is 0.214. The molecule has 0 bridgehead atoms. The van der Waals surface area contributed by atoms with Crippen molar-refractivity contribution < 1.29 is 9.59 Å². The average molecular weight is 438 g/mol. The Balaban J connectivity index is 1.68. The van der Waals surface area contributed by atoms with Gasteiger partial charge in [0.25, 0.3) is 5.91 Å². The number of amides is 2. The maximum absolute atomic E-state index is 13.9. The van der Waals surface area contributed by atoms with Crippen LogP contribution in [0.1, 0.15) is 45.9 Å². The molecular weight excluding hydrogens is 410 g/mol. The topological polar surface area (TPSA) is 54.3 Å². The number of carbonyl (C=O) groups is 2. The summed E-state index contributed by atoms with van der Waals surface area (Å²) in [6, 6.07) is 23.1. The highest BCUT2D eigenvalue weighted by Crippen LogP contribution is 2.45. The molecule has 2 atom stereocenters. The molecule has 0 unspecified atom stereocenters. The van der Waals surface area contributed by atoms with Crippen LogP contribution >= 0.6 is 0 Å². The smallest absolute Gasteiger partial charge is 0.254 e. The molecule has 0 saturated heterocycles. The van der Waals surface area contributed by atoms with Crippen molar-refractivity contribution in [2.45, 2.75) is 25.3 Å². The SMILES string of the molecule is CCc1ccccc1NC(=O)[C@H]1c2ccccc2C(=O)N(C)[C@@H]1c1cn(C)c2ccccc12. The van der Waals surface area contributed by atoms with E-state index in [2.05, 4.69) is 28.9 Å². The molecule has 0 spiro atoms. The van der Waals surface area contributed by atoms with Gasteiger partial charge < -0.3 is 14.8 Å². The van der Waals surface area contributed by atoms with Crippen LogP contribution in [0.5, 0.6) is 0 Å². The van der Waals surface area contributed by atoms with Crippen molar-refractivity contribution in [1.82, 2.24) is 9.47 Å². The molecule has 33 heavy (non-hydrogen) atoms. The first-order valence-corrected chi connectivity index (χ1v) is 11.3. The van der Waals surface area contributed by atoms with Gasteiger partial charge in [-0.1, -0.05) is 61.5 Å². The first-order valence-electron chi connectivity index (χ1n) is 11.3. The normalized spacial score (nSPS) is 17.8. The number of aromatic nitrogens is 1. The van der Waals surface area contributed by atoms with Crippen LogP contribution in [0.4, 0.5) is 5.69 Å². The van der Waals surface area contributed by atoms with E-state index in [1.54, 1.807) is 11.9 Å². The Morgan fingerprint density at radius 2 is 1.61 bits per heavy atom. The molecule has 4 aromatic rings. The summed E-state index contributed by atoms with van der Waals surface area (Å²) in [6.07, 6.45) is 2.87. The molecular formula is C28H27N3O2. The summed E-state index contributed by atoms with van der Waals surface area (Å²) in [6.45, 7) is 2.08. The minimum Gasteiger partial charge on any atom is -0.350 e. The first kappa shape index (κ1) is 21.0. The van der Waals surface area contributed by atoms with Crippen LogP contribution < -0.4 is 5.32 Å². The quantitative estimate of drug-likeness (QED) is 0.472. The lowest BCUT2D eigenvalue weighted by Gasteiger charge is -2.39. The number of nitrogens with zero attached hydrogens (tertiary/aromatic N) is 2. The number of nitrogens with one attached hydrogen (secondary N) is 1. The highest BCUT2D eigenvalue weighted by atomic mass is 16.2. The van der Waals surface area contributed by atoms with Gasteiger partial charge in [0.05, 0.1) is 12.0 Å². The molecule has 2 amide bonds. The zero-order chi connectivity index (χ0) is 23.1. The summed E-state index contributed by atoms with van der Waals surface area (Å²) in [5.74, 6) is -0.721. The largest absolute Gasteiger partial charge is 0.350 e. The van der Waals surface area contributed by atoms with Crippen LogP contribution in [-0.2, 0) is 18.3 Å². The lowest BCUT2D eigenvalue weighted by Crippen LogP contribution is -2.44. The fourth-order valence-corrected chi connectivity index (χ4v) is 5.12. The number of carbonyl (C=O) groups excluding carboxylic acids is 2. The Morgan fingerprint density at radius 1 is 0.909 bits per heavy atom. The Bertz CT molecular complexity index is 1370.